The number of aryl methyl sites for hydroxylation is 1. The average molecular weight is 338 g/mol. The molecule has 0 fully saturated rings. The minimum Gasteiger partial charge on any atom is -0.491 e. The smallest absolute Gasteiger partial charge is 0.268 e. The van der Waals surface area contributed by atoms with E-state index in [2.05, 4.69) is 5.32 Å². The lowest BCUT2D eigenvalue weighted by atomic mass is 10.2. The zero-order valence-electron chi connectivity index (χ0n) is 14.5. The number of carbonyl (C=O) groups excluding carboxylic acids is 1. The number of nitrogens with zero attached hydrogens (tertiary/aromatic N) is 1. The second kappa shape index (κ2) is 7.85. The number of nitrogens with one attached hydrogen (secondary N) is 1. The predicted molar refractivity (Wildman–Crippen MR) is 97.9 cm³/mol. The van der Waals surface area contributed by atoms with Gasteiger partial charge >= 0.3 is 0 Å². The number of ether oxygens (including phenoxy) is 2. The highest BCUT2D eigenvalue weighted by Crippen LogP contribution is 2.18. The Labute approximate surface area is 147 Å². The van der Waals surface area contributed by atoms with Crippen molar-refractivity contribution in [3.8, 4) is 5.75 Å². The standard InChI is InChI=1S/C20H22N2O3/c1-22-18-9-4-3-7-16(18)13-19(22)20(23)21-14-15-6-5-8-17(12-15)25-11-10-24-2/h3-9,12-13H,10-11,14H2,1-2H3,(H,21,23). The van der Waals surface area contributed by atoms with Gasteiger partial charge in [0.05, 0.1) is 6.61 Å². The van der Waals surface area contributed by atoms with Crippen molar-refractivity contribution in [1.82, 2.24) is 9.88 Å². The highest BCUT2D eigenvalue weighted by Gasteiger charge is 2.12. The van der Waals surface area contributed by atoms with E-state index in [1.807, 2.05) is 66.2 Å². The normalized spacial score (nSPS) is 10.8. The number of amides is 1. The molecule has 0 bridgehead atoms. The lowest BCUT2D eigenvalue weighted by Gasteiger charge is -2.09. The van der Waals surface area contributed by atoms with Crippen molar-refractivity contribution in [1.29, 1.82) is 0 Å². The Bertz CT molecular complexity index is 870. The summed E-state index contributed by atoms with van der Waals surface area (Å²) in [6.45, 7) is 1.49. The number of aromatic nitrogens is 1. The minimum absolute atomic E-state index is 0.0931. The van der Waals surface area contributed by atoms with Gasteiger partial charge in [-0.3, -0.25) is 4.79 Å². The van der Waals surface area contributed by atoms with Crippen LogP contribution in [0.15, 0.2) is 54.6 Å². The Morgan fingerprint density at radius 1 is 1.08 bits per heavy atom. The van der Waals surface area contributed by atoms with E-state index in [4.69, 9.17) is 9.47 Å². The quantitative estimate of drug-likeness (QED) is 0.674. The van der Waals surface area contributed by atoms with Crippen molar-refractivity contribution in [2.45, 2.75) is 6.54 Å². The van der Waals surface area contributed by atoms with Crippen LogP contribution in [0.25, 0.3) is 10.9 Å². The van der Waals surface area contributed by atoms with Crippen LogP contribution in [0.4, 0.5) is 0 Å². The molecule has 3 aromatic rings. The molecule has 1 heterocycles. The summed E-state index contributed by atoms with van der Waals surface area (Å²) >= 11 is 0. The molecule has 0 aliphatic heterocycles. The third-order valence-corrected chi connectivity index (χ3v) is 4.09. The van der Waals surface area contributed by atoms with Gasteiger partial charge in [-0.05, 0) is 29.8 Å². The van der Waals surface area contributed by atoms with E-state index in [1.54, 1.807) is 7.11 Å². The summed E-state index contributed by atoms with van der Waals surface area (Å²) in [5.74, 6) is 0.679. The number of rotatable bonds is 7. The Morgan fingerprint density at radius 3 is 2.72 bits per heavy atom. The van der Waals surface area contributed by atoms with Gasteiger partial charge in [-0.25, -0.2) is 0 Å². The Balaban J connectivity index is 1.65. The molecule has 3 rings (SSSR count). The number of carbonyl (C=O) groups is 1. The van der Waals surface area contributed by atoms with Gasteiger partial charge < -0.3 is 19.4 Å². The molecule has 0 saturated carbocycles. The fourth-order valence-corrected chi connectivity index (χ4v) is 2.77. The molecule has 1 aromatic heterocycles. The van der Waals surface area contributed by atoms with Crippen LogP contribution < -0.4 is 10.1 Å². The van der Waals surface area contributed by atoms with Crippen LogP contribution in [-0.2, 0) is 18.3 Å². The molecule has 5 nitrogen and oxygen atoms in total. The summed E-state index contributed by atoms with van der Waals surface area (Å²) in [5.41, 5.74) is 2.68. The highest BCUT2D eigenvalue weighted by molar-refractivity contribution is 5.98. The van der Waals surface area contributed by atoms with Crippen molar-refractivity contribution in [2.75, 3.05) is 20.3 Å². The maximum atomic E-state index is 12.5. The summed E-state index contributed by atoms with van der Waals surface area (Å²) in [4.78, 5) is 12.5. The van der Waals surface area contributed by atoms with E-state index < -0.39 is 0 Å². The molecule has 25 heavy (non-hydrogen) atoms. The number of benzene rings is 2. The van der Waals surface area contributed by atoms with Gasteiger partial charge in [0.25, 0.3) is 5.91 Å². The van der Waals surface area contributed by atoms with E-state index in [0.29, 0.717) is 25.5 Å². The monoisotopic (exact) mass is 338 g/mol. The fourth-order valence-electron chi connectivity index (χ4n) is 2.77. The molecule has 5 heteroatoms. The van der Waals surface area contributed by atoms with Crippen LogP contribution >= 0.6 is 0 Å². The third-order valence-electron chi connectivity index (χ3n) is 4.09. The van der Waals surface area contributed by atoms with Crippen LogP contribution in [-0.4, -0.2) is 30.8 Å². The first-order valence-corrected chi connectivity index (χ1v) is 8.22. The Kier molecular flexibility index (Phi) is 5.36. The van der Waals surface area contributed by atoms with Crippen molar-refractivity contribution >= 4 is 16.8 Å². The summed E-state index contributed by atoms with van der Waals surface area (Å²) in [6, 6.07) is 17.6. The molecule has 1 N–H and O–H groups in total. The SMILES string of the molecule is COCCOc1cccc(CNC(=O)c2cc3ccccc3n2C)c1. The van der Waals surface area contributed by atoms with Crippen LogP contribution in [0.2, 0.25) is 0 Å². The van der Waals surface area contributed by atoms with E-state index in [1.165, 1.54) is 0 Å². The molecule has 0 unspecified atom stereocenters. The predicted octanol–water partition coefficient (Wildman–Crippen LogP) is 3.13. The van der Waals surface area contributed by atoms with E-state index in [9.17, 15) is 4.79 Å². The molecule has 1 amide bonds. The van der Waals surface area contributed by atoms with Crippen LogP contribution in [0, 0.1) is 0 Å². The molecule has 0 aliphatic carbocycles. The van der Waals surface area contributed by atoms with Gasteiger partial charge in [0.1, 0.15) is 18.1 Å². The number of fused-ring (bicyclic) bond motifs is 1. The highest BCUT2D eigenvalue weighted by atomic mass is 16.5. The van der Waals surface area contributed by atoms with Gasteiger partial charge in [-0.15, -0.1) is 0 Å². The Morgan fingerprint density at radius 2 is 1.92 bits per heavy atom. The van der Waals surface area contributed by atoms with Gasteiger partial charge in [-0.2, -0.15) is 0 Å². The summed E-state index contributed by atoms with van der Waals surface area (Å²) in [5, 5.41) is 4.03. The topological polar surface area (TPSA) is 52.5 Å². The molecule has 0 saturated heterocycles. The lowest BCUT2D eigenvalue weighted by Crippen LogP contribution is -2.24. The molecule has 0 spiro atoms. The first-order valence-electron chi connectivity index (χ1n) is 8.22. The molecular weight excluding hydrogens is 316 g/mol. The maximum absolute atomic E-state index is 12.5. The van der Waals surface area contributed by atoms with E-state index in [0.717, 1.165) is 22.2 Å². The second-order valence-corrected chi connectivity index (χ2v) is 5.82. The van der Waals surface area contributed by atoms with Gasteiger partial charge in [-0.1, -0.05) is 30.3 Å². The molecule has 2 aromatic carbocycles. The van der Waals surface area contributed by atoms with Crippen LogP contribution in [0.5, 0.6) is 5.75 Å². The number of hydrogen-bond acceptors (Lipinski definition) is 3. The first kappa shape index (κ1) is 17.0. The number of para-hydroxylation sites is 1. The second-order valence-electron chi connectivity index (χ2n) is 5.82. The van der Waals surface area contributed by atoms with Crippen molar-refractivity contribution in [3.05, 3.63) is 65.9 Å². The van der Waals surface area contributed by atoms with Crippen LogP contribution in [0.3, 0.4) is 0 Å². The zero-order chi connectivity index (χ0) is 17.6. The van der Waals surface area contributed by atoms with Crippen LogP contribution in [0.1, 0.15) is 16.1 Å². The average Bonchev–Trinajstić information content (AvgIpc) is 2.98. The van der Waals surface area contributed by atoms with Gasteiger partial charge in [0, 0.05) is 31.6 Å². The summed E-state index contributed by atoms with van der Waals surface area (Å²) in [7, 11) is 3.55. The van der Waals surface area contributed by atoms with Crippen molar-refractivity contribution in [3.63, 3.8) is 0 Å². The largest absolute Gasteiger partial charge is 0.491 e. The summed E-state index contributed by atoms with van der Waals surface area (Å²) < 4.78 is 12.5. The zero-order valence-corrected chi connectivity index (χ0v) is 14.5. The fraction of sp³-hybridized carbons (Fsp3) is 0.250. The molecule has 0 radical (unpaired) electrons. The van der Waals surface area contributed by atoms with E-state index in [-0.39, 0.29) is 5.91 Å². The first-order chi connectivity index (χ1) is 12.2. The lowest BCUT2D eigenvalue weighted by molar-refractivity contribution is 0.0943. The molecule has 0 aliphatic rings. The van der Waals surface area contributed by atoms with Gasteiger partial charge in [0.2, 0.25) is 0 Å². The van der Waals surface area contributed by atoms with E-state index >= 15 is 0 Å². The Hall–Kier alpha value is -2.79. The molecular formula is C20H22N2O3. The third kappa shape index (κ3) is 4.00. The number of methoxy groups -OCH3 is 1. The molecule has 0 atom stereocenters. The van der Waals surface area contributed by atoms with Gasteiger partial charge in [0.15, 0.2) is 0 Å². The van der Waals surface area contributed by atoms with Crippen molar-refractivity contribution < 1.29 is 14.3 Å². The van der Waals surface area contributed by atoms with Crippen molar-refractivity contribution in [2.24, 2.45) is 7.05 Å². The summed E-state index contributed by atoms with van der Waals surface area (Å²) in [6.07, 6.45) is 0. The number of hydrogen-bond donors (Lipinski definition) is 1. The molecule has 130 valence electrons. The maximum Gasteiger partial charge on any atom is 0.268 e. The minimum atomic E-state index is -0.0931.